The molecule has 0 bridgehead atoms. The molecule has 0 saturated heterocycles. The van der Waals surface area contributed by atoms with Crippen LogP contribution in [-0.4, -0.2) is 12.9 Å². The molecule has 1 aromatic rings. The summed E-state index contributed by atoms with van der Waals surface area (Å²) in [5.41, 5.74) is 0.270. The molecule has 0 aliphatic heterocycles. The van der Waals surface area contributed by atoms with Crippen LogP contribution in [0.25, 0.3) is 6.08 Å². The number of methoxy groups -OCH3 is 1. The second-order valence-corrected chi connectivity index (χ2v) is 3.34. The van der Waals surface area contributed by atoms with Crippen LogP contribution in [0.3, 0.4) is 0 Å². The summed E-state index contributed by atoms with van der Waals surface area (Å²) in [6, 6.07) is 3.00. The van der Waals surface area contributed by atoms with Gasteiger partial charge in [0, 0.05) is 5.56 Å². The van der Waals surface area contributed by atoms with E-state index in [1.807, 2.05) is 0 Å². The highest BCUT2D eigenvalue weighted by molar-refractivity contribution is 6.32. The van der Waals surface area contributed by atoms with Crippen LogP contribution in [0.1, 0.15) is 12.5 Å². The number of halogens is 2. The molecule has 0 radical (unpaired) electrons. The van der Waals surface area contributed by atoms with Gasteiger partial charge in [-0.05, 0) is 25.1 Å². The molecule has 0 aromatic heterocycles. The summed E-state index contributed by atoms with van der Waals surface area (Å²) in [6.07, 6.45) is 2.67. The molecule has 0 atom stereocenters. The Morgan fingerprint density at radius 3 is 2.73 bits per heavy atom. The predicted molar refractivity (Wildman–Crippen MR) is 57.7 cm³/mol. The second-order valence-electron chi connectivity index (χ2n) is 2.93. The highest BCUT2D eigenvalue weighted by atomic mass is 35.5. The van der Waals surface area contributed by atoms with Crippen molar-refractivity contribution < 1.29 is 13.9 Å². The second kappa shape index (κ2) is 4.94. The Labute approximate surface area is 92.3 Å². The van der Waals surface area contributed by atoms with Crippen molar-refractivity contribution in [1.82, 2.24) is 0 Å². The topological polar surface area (TPSA) is 26.3 Å². The van der Waals surface area contributed by atoms with Gasteiger partial charge in [0.1, 0.15) is 0 Å². The zero-order chi connectivity index (χ0) is 11.4. The van der Waals surface area contributed by atoms with E-state index in [4.69, 9.17) is 16.3 Å². The summed E-state index contributed by atoms with van der Waals surface area (Å²) in [5.74, 6) is -0.729. The number of carbonyl (C=O) groups excluding carboxylic acids is 1. The lowest BCUT2D eigenvalue weighted by Crippen LogP contribution is -1.92. The molecule has 0 saturated carbocycles. The van der Waals surface area contributed by atoms with Crippen molar-refractivity contribution in [2.75, 3.05) is 7.11 Å². The third kappa shape index (κ3) is 2.80. The van der Waals surface area contributed by atoms with E-state index in [9.17, 15) is 9.18 Å². The first kappa shape index (κ1) is 11.7. The first-order chi connectivity index (χ1) is 7.06. The van der Waals surface area contributed by atoms with E-state index in [1.165, 1.54) is 38.3 Å². The largest absolute Gasteiger partial charge is 0.492 e. The molecule has 0 amide bonds. The van der Waals surface area contributed by atoms with E-state index in [1.54, 1.807) is 0 Å². The third-order valence-corrected chi connectivity index (χ3v) is 2.08. The Hall–Kier alpha value is -1.35. The van der Waals surface area contributed by atoms with Crippen molar-refractivity contribution in [1.29, 1.82) is 0 Å². The van der Waals surface area contributed by atoms with Crippen molar-refractivity contribution in [3.8, 4) is 5.75 Å². The lowest BCUT2D eigenvalue weighted by Gasteiger charge is -2.06. The summed E-state index contributed by atoms with van der Waals surface area (Å²) < 4.78 is 18.4. The van der Waals surface area contributed by atoms with Gasteiger partial charge in [-0.25, -0.2) is 4.39 Å². The molecule has 4 heteroatoms. The maximum Gasteiger partial charge on any atom is 0.173 e. The van der Waals surface area contributed by atoms with Crippen molar-refractivity contribution >= 4 is 23.5 Å². The lowest BCUT2D eigenvalue weighted by molar-refractivity contribution is -0.112. The van der Waals surface area contributed by atoms with Crippen LogP contribution in [0.2, 0.25) is 5.02 Å². The number of rotatable bonds is 3. The molecule has 0 fully saturated rings. The van der Waals surface area contributed by atoms with Gasteiger partial charge in [-0.15, -0.1) is 0 Å². The fraction of sp³-hybridized carbons (Fsp3) is 0.182. The molecule has 0 aliphatic carbocycles. The van der Waals surface area contributed by atoms with Gasteiger partial charge in [-0.2, -0.15) is 0 Å². The number of ketones is 1. The Morgan fingerprint density at radius 2 is 2.20 bits per heavy atom. The summed E-state index contributed by atoms with van der Waals surface area (Å²) in [6.45, 7) is 1.39. The Morgan fingerprint density at radius 1 is 1.53 bits per heavy atom. The molecule has 0 unspecified atom stereocenters. The van der Waals surface area contributed by atoms with Gasteiger partial charge in [0.2, 0.25) is 0 Å². The van der Waals surface area contributed by atoms with Gasteiger partial charge < -0.3 is 4.74 Å². The van der Waals surface area contributed by atoms with Crippen LogP contribution >= 0.6 is 11.6 Å². The van der Waals surface area contributed by atoms with Crippen molar-refractivity contribution in [2.45, 2.75) is 6.92 Å². The number of ether oxygens (including phenoxy) is 1. The zero-order valence-electron chi connectivity index (χ0n) is 8.38. The van der Waals surface area contributed by atoms with Gasteiger partial charge >= 0.3 is 0 Å². The van der Waals surface area contributed by atoms with Gasteiger partial charge in [0.25, 0.3) is 0 Å². The number of hydrogen-bond donors (Lipinski definition) is 0. The van der Waals surface area contributed by atoms with Crippen molar-refractivity contribution in [3.63, 3.8) is 0 Å². The average molecular weight is 229 g/mol. The molecule has 1 rings (SSSR count). The lowest BCUT2D eigenvalue weighted by atomic mass is 10.1. The standard InChI is InChI=1S/C11H10ClFO2/c1-7(14)3-4-8-5-6-9(12)11(15-2)10(8)13/h3-6H,1-2H3/b4-3+. The molecule has 15 heavy (non-hydrogen) atoms. The molecule has 80 valence electrons. The smallest absolute Gasteiger partial charge is 0.173 e. The number of hydrogen-bond acceptors (Lipinski definition) is 2. The van der Waals surface area contributed by atoms with E-state index in [0.29, 0.717) is 0 Å². The van der Waals surface area contributed by atoms with Crippen LogP contribution in [-0.2, 0) is 4.79 Å². The van der Waals surface area contributed by atoms with Crippen LogP contribution < -0.4 is 4.74 Å². The Bertz CT molecular complexity index is 413. The van der Waals surface area contributed by atoms with E-state index < -0.39 is 5.82 Å². The van der Waals surface area contributed by atoms with Gasteiger partial charge in [-0.1, -0.05) is 17.7 Å². The number of benzene rings is 1. The highest BCUT2D eigenvalue weighted by Crippen LogP contribution is 2.30. The van der Waals surface area contributed by atoms with Crippen LogP contribution in [0, 0.1) is 5.82 Å². The first-order valence-electron chi connectivity index (χ1n) is 4.27. The summed E-state index contributed by atoms with van der Waals surface area (Å²) >= 11 is 5.71. The Balaban J connectivity index is 3.16. The molecule has 0 aliphatic rings. The molecule has 0 heterocycles. The summed E-state index contributed by atoms with van der Waals surface area (Å²) in [5, 5.41) is 0.204. The van der Waals surface area contributed by atoms with Gasteiger partial charge in [-0.3, -0.25) is 4.79 Å². The van der Waals surface area contributed by atoms with Crippen LogP contribution in [0.4, 0.5) is 4.39 Å². The van der Waals surface area contributed by atoms with Crippen LogP contribution in [0.15, 0.2) is 18.2 Å². The van der Waals surface area contributed by atoms with Crippen molar-refractivity contribution in [3.05, 3.63) is 34.6 Å². The fourth-order valence-electron chi connectivity index (χ4n) is 1.07. The fourth-order valence-corrected chi connectivity index (χ4v) is 1.29. The molecule has 1 aromatic carbocycles. The quantitative estimate of drug-likeness (QED) is 0.744. The van der Waals surface area contributed by atoms with Gasteiger partial charge in [0.15, 0.2) is 17.3 Å². The zero-order valence-corrected chi connectivity index (χ0v) is 9.14. The third-order valence-electron chi connectivity index (χ3n) is 1.78. The maximum absolute atomic E-state index is 13.6. The number of allylic oxidation sites excluding steroid dienone is 1. The minimum atomic E-state index is -0.567. The SMILES string of the molecule is COc1c(Cl)ccc(/C=C/C(C)=O)c1F. The van der Waals surface area contributed by atoms with E-state index in [0.717, 1.165) is 0 Å². The monoisotopic (exact) mass is 228 g/mol. The van der Waals surface area contributed by atoms with Gasteiger partial charge in [0.05, 0.1) is 12.1 Å². The molecular formula is C11H10ClFO2. The van der Waals surface area contributed by atoms with E-state index in [2.05, 4.69) is 0 Å². The number of carbonyl (C=O) groups is 1. The first-order valence-corrected chi connectivity index (χ1v) is 4.64. The predicted octanol–water partition coefficient (Wildman–Crippen LogP) is 3.09. The maximum atomic E-state index is 13.6. The minimum absolute atomic E-state index is 0.0117. The molecular weight excluding hydrogens is 219 g/mol. The molecule has 0 spiro atoms. The normalized spacial score (nSPS) is 10.7. The average Bonchev–Trinajstić information content (AvgIpc) is 2.17. The molecule has 0 N–H and O–H groups in total. The molecule has 2 nitrogen and oxygen atoms in total. The van der Waals surface area contributed by atoms with Crippen molar-refractivity contribution in [2.24, 2.45) is 0 Å². The minimum Gasteiger partial charge on any atom is -0.492 e. The summed E-state index contributed by atoms with van der Waals surface area (Å²) in [4.78, 5) is 10.7. The Kier molecular flexibility index (Phi) is 3.86. The van der Waals surface area contributed by atoms with E-state index >= 15 is 0 Å². The van der Waals surface area contributed by atoms with E-state index in [-0.39, 0.29) is 22.1 Å². The summed E-state index contributed by atoms with van der Waals surface area (Å²) in [7, 11) is 1.34. The highest BCUT2D eigenvalue weighted by Gasteiger charge is 2.10. The van der Waals surface area contributed by atoms with Crippen LogP contribution in [0.5, 0.6) is 5.75 Å².